The number of rotatable bonds is 7. The summed E-state index contributed by atoms with van der Waals surface area (Å²) in [6.45, 7) is 11.3. The monoisotopic (exact) mass is 612 g/mol. The molecule has 0 aromatic heterocycles. The summed E-state index contributed by atoms with van der Waals surface area (Å²) in [5.41, 5.74) is 3.45. The fourth-order valence-corrected chi connectivity index (χ4v) is 6.32. The first kappa shape index (κ1) is 31.4. The molecule has 2 aromatic carbocycles. The molecule has 2 fully saturated rings. The molecule has 7 heteroatoms. The molecular formula is C29H35ClN2O2RuS. The average molecular weight is 612 g/mol. The summed E-state index contributed by atoms with van der Waals surface area (Å²) in [7, 11) is -3.69. The number of benzene rings is 2. The van der Waals surface area contributed by atoms with E-state index in [0.717, 1.165) is 31.2 Å². The molecule has 0 spiro atoms. The Bertz CT molecular complexity index is 1060. The van der Waals surface area contributed by atoms with Crippen molar-refractivity contribution in [3.63, 3.8) is 0 Å². The van der Waals surface area contributed by atoms with Gasteiger partial charge in [-0.25, -0.2) is 8.42 Å². The maximum Gasteiger partial charge on any atom is 3.00 e. The third-order valence-corrected chi connectivity index (χ3v) is 8.92. The minimum Gasteiger partial charge on any atom is -1.00 e. The van der Waals surface area contributed by atoms with Gasteiger partial charge in [0.1, 0.15) is 10.0 Å². The molecule has 4 nitrogen and oxygen atoms in total. The van der Waals surface area contributed by atoms with E-state index in [0.29, 0.717) is 6.54 Å². The Morgan fingerprint density at radius 1 is 0.778 bits per heavy atom. The number of halogens is 1. The molecule has 0 unspecified atom stereocenters. The first-order valence-electron chi connectivity index (χ1n) is 12.2. The average Bonchev–Trinajstić information content (AvgIpc) is 3.01. The molecule has 0 amide bonds. The smallest absolute Gasteiger partial charge is 1.00 e. The second-order valence-corrected chi connectivity index (χ2v) is 11.3. The molecule has 2 atom stereocenters. The van der Waals surface area contributed by atoms with Crippen molar-refractivity contribution in [1.29, 1.82) is 0 Å². The van der Waals surface area contributed by atoms with Crippen LogP contribution in [0.15, 0.2) is 53.4 Å². The summed E-state index contributed by atoms with van der Waals surface area (Å²) in [6.07, 6.45) is 3.70. The van der Waals surface area contributed by atoms with E-state index in [1.807, 2.05) is 19.1 Å². The molecule has 4 rings (SSSR count). The van der Waals surface area contributed by atoms with Gasteiger partial charge in [-0.05, 0) is 48.3 Å². The van der Waals surface area contributed by atoms with E-state index in [2.05, 4.69) is 56.7 Å². The Balaban J connectivity index is 0.00000228. The van der Waals surface area contributed by atoms with Crippen molar-refractivity contribution in [3.05, 3.63) is 105 Å². The van der Waals surface area contributed by atoms with E-state index in [4.69, 9.17) is 5.32 Å². The fourth-order valence-electron chi connectivity index (χ4n) is 5.12. The number of hydrogen-bond donors (Lipinski definition) is 0. The standard InChI is InChI=1S/C29H35N2O2S.ClH.Ru/c1-19-14-16-25(17-15-19)34(32,33)31-28-13-9-8-12-27(28)30-18-24-10-6-7-11-26(24)29-22(4)20(2)21(3)23(29)5;;/h6-7,10-11,14-17,27-28H,8-9,12-13,18H2,1-5H3;1H;/q-2;;+3/p-1/t27-,28-;;/m1../s1. The quantitative estimate of drug-likeness (QED) is 0.440. The van der Waals surface area contributed by atoms with Gasteiger partial charge in [0.15, 0.2) is 0 Å². The van der Waals surface area contributed by atoms with Gasteiger partial charge in [-0.1, -0.05) is 101 Å². The largest absolute Gasteiger partial charge is 3.00 e. The van der Waals surface area contributed by atoms with E-state index in [1.54, 1.807) is 12.1 Å². The van der Waals surface area contributed by atoms with Gasteiger partial charge in [0, 0.05) is 10.8 Å². The zero-order valence-corrected chi connectivity index (χ0v) is 25.0. The molecule has 2 aliphatic carbocycles. The van der Waals surface area contributed by atoms with Gasteiger partial charge in [0.2, 0.25) is 0 Å². The fraction of sp³-hybridized carbons (Fsp3) is 0.414. The summed E-state index contributed by atoms with van der Waals surface area (Å²) in [4.78, 5) is 0.265. The third kappa shape index (κ3) is 6.80. The van der Waals surface area contributed by atoms with Gasteiger partial charge in [0.25, 0.3) is 0 Å². The molecule has 0 N–H and O–H groups in total. The predicted octanol–water partition coefficient (Wildman–Crippen LogP) is 4.26. The van der Waals surface area contributed by atoms with Crippen molar-refractivity contribution >= 4 is 10.0 Å². The van der Waals surface area contributed by atoms with E-state index < -0.39 is 10.0 Å². The van der Waals surface area contributed by atoms with Crippen LogP contribution in [0.2, 0.25) is 0 Å². The van der Waals surface area contributed by atoms with Gasteiger partial charge < -0.3 is 22.4 Å². The second-order valence-electron chi connectivity index (χ2n) is 9.69. The number of sulfonamides is 1. The van der Waals surface area contributed by atoms with Gasteiger partial charge >= 0.3 is 19.5 Å². The zero-order valence-electron chi connectivity index (χ0n) is 21.7. The van der Waals surface area contributed by atoms with E-state index in [1.165, 1.54) is 40.7 Å². The third-order valence-electron chi connectivity index (χ3n) is 7.51. The topological polar surface area (TPSA) is 62.3 Å². The molecule has 36 heavy (non-hydrogen) atoms. The van der Waals surface area contributed by atoms with E-state index in [-0.39, 0.29) is 48.9 Å². The first-order chi connectivity index (χ1) is 16.2. The zero-order chi connectivity index (χ0) is 24.5. The van der Waals surface area contributed by atoms with Crippen molar-refractivity contribution in [2.45, 2.75) is 83.8 Å². The van der Waals surface area contributed by atoms with Crippen molar-refractivity contribution < 1.29 is 40.3 Å². The molecule has 0 heterocycles. The molecule has 6 radical (unpaired) electrons. The maximum atomic E-state index is 13.0. The van der Waals surface area contributed by atoms with Crippen molar-refractivity contribution in [2.75, 3.05) is 0 Å². The van der Waals surface area contributed by atoms with Crippen LogP contribution < -0.4 is 12.4 Å². The summed E-state index contributed by atoms with van der Waals surface area (Å²) < 4.78 is 30.3. The number of nitrogens with zero attached hydrogens (tertiary/aromatic N) is 2. The molecule has 2 aromatic rings. The molecule has 194 valence electrons. The summed E-state index contributed by atoms with van der Waals surface area (Å²) in [6, 6.07) is 15.0. The minimum atomic E-state index is -3.69. The van der Waals surface area contributed by atoms with Crippen LogP contribution in [0, 0.1) is 36.5 Å². The first-order valence-corrected chi connectivity index (χ1v) is 13.6. The van der Waals surface area contributed by atoms with E-state index >= 15 is 0 Å². The maximum absolute atomic E-state index is 13.0. The number of aryl methyl sites for hydroxylation is 1. The SMILES string of the molecule is C[C]1[C](C)[C](C)[C](c2ccccc2C[N-][C@@H]2CCCC[C@H]2[N-]S(=O)(=O)c2ccc(C)cc2)[C]1C.[Cl-].[Ru+3]. The Kier molecular flexibility index (Phi) is 11.6. The Morgan fingerprint density at radius 2 is 1.33 bits per heavy atom. The normalized spacial score (nSPS) is 22.8. The van der Waals surface area contributed by atoms with E-state index in [9.17, 15) is 8.42 Å². The Morgan fingerprint density at radius 3 is 1.94 bits per heavy atom. The van der Waals surface area contributed by atoms with Crippen molar-refractivity contribution in [2.24, 2.45) is 0 Å². The second kappa shape index (κ2) is 13.3. The van der Waals surface area contributed by atoms with Crippen LogP contribution in [0.4, 0.5) is 0 Å². The van der Waals surface area contributed by atoms with Gasteiger partial charge in [-0.3, -0.25) is 0 Å². The molecule has 0 saturated heterocycles. The Labute approximate surface area is 238 Å². The summed E-state index contributed by atoms with van der Waals surface area (Å²) in [5.74, 6) is 6.68. The van der Waals surface area contributed by atoms with Crippen LogP contribution in [0.25, 0.3) is 10.0 Å². The molecule has 2 saturated carbocycles. The van der Waals surface area contributed by atoms with Crippen molar-refractivity contribution in [1.82, 2.24) is 0 Å². The van der Waals surface area contributed by atoms with Crippen LogP contribution in [0.5, 0.6) is 0 Å². The van der Waals surface area contributed by atoms with Crippen LogP contribution in [-0.4, -0.2) is 20.5 Å². The van der Waals surface area contributed by atoms with Crippen LogP contribution in [0.1, 0.15) is 70.1 Å². The van der Waals surface area contributed by atoms with Crippen LogP contribution in [0.3, 0.4) is 0 Å². The molecule has 0 bridgehead atoms. The van der Waals surface area contributed by atoms with Gasteiger partial charge in [-0.15, -0.1) is 12.6 Å². The molecule has 0 aliphatic heterocycles. The van der Waals surface area contributed by atoms with Crippen molar-refractivity contribution in [3.8, 4) is 0 Å². The molecule has 2 aliphatic rings. The Hall–Kier alpha value is -0.777. The van der Waals surface area contributed by atoms with Gasteiger partial charge in [0.05, 0.1) is 0 Å². The summed E-state index contributed by atoms with van der Waals surface area (Å²) >= 11 is 0. The predicted molar refractivity (Wildman–Crippen MR) is 139 cm³/mol. The van der Waals surface area contributed by atoms with Gasteiger partial charge in [-0.2, -0.15) is 6.04 Å². The summed E-state index contributed by atoms with van der Waals surface area (Å²) in [5, 5.41) is 5.04. The molecular weight excluding hydrogens is 577 g/mol. The van der Waals surface area contributed by atoms with Crippen LogP contribution in [-0.2, 0) is 36.0 Å². The number of hydrogen-bond acceptors (Lipinski definition) is 2. The van der Waals surface area contributed by atoms with Crippen LogP contribution >= 0.6 is 0 Å². The minimum absolute atomic E-state index is 0.